The van der Waals surface area contributed by atoms with Gasteiger partial charge in [0.05, 0.1) is 44.8 Å². The van der Waals surface area contributed by atoms with Crippen LogP contribution in [0.4, 0.5) is 4.39 Å². The summed E-state index contributed by atoms with van der Waals surface area (Å²) in [7, 11) is 1.74. The number of phenols is 1. The number of halogens is 3. The maximum absolute atomic E-state index is 11.5. The van der Waals surface area contributed by atoms with Crippen LogP contribution in [0.5, 0.6) is 23.0 Å². The van der Waals surface area contributed by atoms with Crippen molar-refractivity contribution < 1.29 is 82.4 Å². The lowest BCUT2D eigenvalue weighted by Gasteiger charge is -2.07. The van der Waals surface area contributed by atoms with E-state index in [4.69, 9.17) is 62.2 Å². The molecular weight excluding hydrogens is 1430 g/mol. The number of hydrogen-bond donors (Lipinski definition) is 1. The quantitative estimate of drug-likeness (QED) is 0.0299. The smallest absolute Gasteiger partial charge is 0.373 e. The average Bonchev–Trinajstić information content (AvgIpc) is 1.46. The number of para-hydroxylation sites is 4. The second-order valence-electron chi connectivity index (χ2n) is 16.3. The normalized spacial score (nSPS) is 9.05. The van der Waals surface area contributed by atoms with Gasteiger partial charge in [0.1, 0.15) is 42.8 Å². The molecule has 7 aromatic rings. The van der Waals surface area contributed by atoms with Crippen molar-refractivity contribution in [3.8, 4) is 71.4 Å². The van der Waals surface area contributed by atoms with E-state index < -0.39 is 7.15 Å². The molecule has 19 heteroatoms. The number of carbonyl (C=O) groups excluding carboxylic acids is 9. The van der Waals surface area contributed by atoms with Gasteiger partial charge in [-0.25, -0.2) is 4.79 Å². The van der Waals surface area contributed by atoms with E-state index in [1.807, 2.05) is 151 Å². The van der Waals surface area contributed by atoms with Gasteiger partial charge in [-0.05, 0) is 127 Å². The Bertz CT molecular complexity index is 3440. The van der Waals surface area contributed by atoms with Gasteiger partial charge in [0.15, 0.2) is 18.9 Å². The van der Waals surface area contributed by atoms with Crippen molar-refractivity contribution in [2.75, 3.05) is 59.7 Å². The molecule has 98 heavy (non-hydrogen) atoms. The molecule has 0 spiro atoms. The van der Waals surface area contributed by atoms with Gasteiger partial charge in [0.25, 0.3) is 0 Å². The summed E-state index contributed by atoms with van der Waals surface area (Å²) in [5.41, 5.74) is 4.62. The van der Waals surface area contributed by atoms with Crippen LogP contribution in [0, 0.1) is 51.9 Å². The first-order valence-electron chi connectivity index (χ1n) is 30.7. The fraction of sp³-hybridized carbons (Fsp3) is 0.253. The van der Waals surface area contributed by atoms with Crippen LogP contribution in [0.1, 0.15) is 124 Å². The summed E-state index contributed by atoms with van der Waals surface area (Å²) < 4.78 is 47.0. The number of benzene rings is 7. The van der Waals surface area contributed by atoms with Gasteiger partial charge in [-0.3, -0.25) is 23.6 Å². The average molecular weight is 1520 g/mol. The summed E-state index contributed by atoms with van der Waals surface area (Å²) in [5.74, 6) is 17.9. The summed E-state index contributed by atoms with van der Waals surface area (Å²) in [6.07, 6.45) is 17.1. The molecule has 1 aliphatic heterocycles. The zero-order chi connectivity index (χ0) is 75.8. The van der Waals surface area contributed by atoms with Gasteiger partial charge in [-0.1, -0.05) is 209 Å². The Balaban J connectivity index is -0.000000255. The Labute approximate surface area is 602 Å². The van der Waals surface area contributed by atoms with Crippen LogP contribution in [-0.2, 0) is 43.0 Å². The van der Waals surface area contributed by atoms with Gasteiger partial charge in [-0.2, -0.15) is 19.2 Å². The van der Waals surface area contributed by atoms with Crippen molar-refractivity contribution in [3.05, 3.63) is 231 Å². The van der Waals surface area contributed by atoms with Crippen LogP contribution >= 0.6 is 38.5 Å². The molecule has 16 nitrogen and oxygen atoms in total. The minimum absolute atomic E-state index is 0.0347. The molecule has 0 unspecified atom stereocenters. The second-order valence-corrected chi connectivity index (χ2v) is 18.1. The Kier molecular flexibility index (Phi) is 77.5. The third-order valence-corrected chi connectivity index (χ3v) is 11.1. The molecule has 7 aromatic carbocycles. The van der Waals surface area contributed by atoms with Crippen LogP contribution in [0.15, 0.2) is 194 Å². The number of carbonyl (C=O) groups is 5. The molecule has 1 N–H and O–H groups in total. The molecule has 1 aliphatic rings. The summed E-state index contributed by atoms with van der Waals surface area (Å²) >= 11 is 5.29. The fourth-order valence-corrected chi connectivity index (χ4v) is 6.34. The van der Waals surface area contributed by atoms with Gasteiger partial charge >= 0.3 is 24.2 Å². The Morgan fingerprint density at radius 3 is 1.16 bits per heavy atom. The molecule has 1 saturated heterocycles. The minimum atomic E-state index is -1.00. The molecule has 1 heterocycles. The molecule has 0 aliphatic carbocycles. The predicted molar refractivity (Wildman–Crippen MR) is 396 cm³/mol. The number of methoxy groups -OCH3 is 2. The standard InChI is InChI=1S/C20H18O3.C16H12O2.C10H8O2.C7H6O2.C6H5I.C4H8O2.C4H8O.C3H3Br.3C2H6.CH3F.2CO2/c1-16(20(21)22-2)15-18-12-6-7-13-19(18)23-14-8-11-17-9-4-3-5-10-17;17-13-15-10-4-5-11-16(15)18-12-6-9-14-7-2-1-3-8-14;1-2-7-12-10-6-4-3-5-9(10)8-11;8-5-6-3-1-2-4-7(6)9;7-6-4-2-1-3-5-6;1-3-4(5)6-2;1-2-4-5-3-1;1-2-3-4;4*1-2;2*2-1-3/h3-7,9-10,12-13,15H,14H2,1-2H3;1-5,7-8,10-11,13H,12H2;1,3-6,8H,7H2;1-5,9H;1-5H;3H2,1-2H3;1-4H2;1H,3H2;3*1-2H3;1H3;;/b16-15+;;;;;;;;;;;;;/i;;;;;;;;;;;1D;;. The van der Waals surface area contributed by atoms with Crippen LogP contribution < -0.4 is 14.2 Å². The summed E-state index contributed by atoms with van der Waals surface area (Å²) in [6.45, 7) is 18.2. The SMILES string of the molecule is C#CCBr.C#CCOc1ccccc1C=O.C1CCOC1.CC.CC.CC.CCC(=O)OC.COC(=O)/C(C)=C/c1ccccc1OCC#Cc1ccccc1.Ic1ccccc1.O=C=O.O=C=O.O=Cc1ccccc1O.O=Cc1ccccc1OCC#Cc1ccccc1.[2H]CF. The lowest BCUT2D eigenvalue weighted by atomic mass is 10.1. The van der Waals surface area contributed by atoms with Gasteiger partial charge in [0.2, 0.25) is 0 Å². The van der Waals surface area contributed by atoms with Crippen molar-refractivity contribution in [1.29, 1.82) is 0 Å². The van der Waals surface area contributed by atoms with Crippen molar-refractivity contribution in [3.63, 3.8) is 0 Å². The van der Waals surface area contributed by atoms with Gasteiger partial charge in [-0.15, -0.1) is 12.8 Å². The summed E-state index contributed by atoms with van der Waals surface area (Å²) in [6, 6.07) is 57.6. The topological polar surface area (TPSA) is 229 Å². The molecule has 0 amide bonds. The first-order chi connectivity index (χ1) is 48.2. The fourth-order valence-electron chi connectivity index (χ4n) is 5.93. The van der Waals surface area contributed by atoms with Crippen LogP contribution in [0.3, 0.4) is 0 Å². The van der Waals surface area contributed by atoms with E-state index in [1.165, 1.54) is 36.7 Å². The van der Waals surface area contributed by atoms with Crippen molar-refractivity contribution >= 4 is 87.7 Å². The molecule has 522 valence electrons. The van der Waals surface area contributed by atoms with E-state index in [0.29, 0.717) is 57.5 Å². The number of phenolic OH excluding ortho intramolecular Hbond substituents is 1. The van der Waals surface area contributed by atoms with Crippen LogP contribution in [-0.4, -0.2) is 108 Å². The van der Waals surface area contributed by atoms with Crippen molar-refractivity contribution in [2.45, 2.75) is 74.7 Å². The Morgan fingerprint density at radius 1 is 0.561 bits per heavy atom. The molecule has 0 saturated carbocycles. The highest BCUT2D eigenvalue weighted by molar-refractivity contribution is 14.1. The predicted octanol–water partition coefficient (Wildman–Crippen LogP) is 16.5. The Morgan fingerprint density at radius 2 is 0.888 bits per heavy atom. The zero-order valence-corrected chi connectivity index (χ0v) is 60.9. The van der Waals surface area contributed by atoms with E-state index in [1.54, 1.807) is 80.6 Å². The second kappa shape index (κ2) is 79.0. The highest BCUT2D eigenvalue weighted by atomic mass is 127. The van der Waals surface area contributed by atoms with Crippen molar-refractivity contribution in [1.82, 2.24) is 0 Å². The molecule has 0 radical (unpaired) electrons. The highest BCUT2D eigenvalue weighted by Crippen LogP contribution is 2.22. The third kappa shape index (κ3) is 59.3. The largest absolute Gasteiger partial charge is 0.507 e. The maximum Gasteiger partial charge on any atom is 0.373 e. The monoisotopic (exact) mass is 1520 g/mol. The maximum atomic E-state index is 11.5. The number of esters is 2. The van der Waals surface area contributed by atoms with E-state index >= 15 is 0 Å². The third-order valence-electron chi connectivity index (χ3n) is 10.0. The van der Waals surface area contributed by atoms with Crippen molar-refractivity contribution in [2.24, 2.45) is 0 Å². The van der Waals surface area contributed by atoms with Gasteiger partial charge in [0, 0.05) is 45.5 Å². The van der Waals surface area contributed by atoms with E-state index in [0.717, 1.165) is 42.5 Å². The number of alkyl halides is 2. The molecular formula is C79H89BrFIO16. The number of aldehydes is 3. The van der Waals surface area contributed by atoms with Crippen LogP contribution in [0.2, 0.25) is 0 Å². The zero-order valence-electron chi connectivity index (χ0n) is 58.1. The lowest BCUT2D eigenvalue weighted by molar-refractivity contribution is -0.193. The van der Waals surface area contributed by atoms with Gasteiger partial charge < -0.3 is 33.5 Å². The number of hydrogen-bond acceptors (Lipinski definition) is 16. The highest BCUT2D eigenvalue weighted by Gasteiger charge is 2.06. The van der Waals surface area contributed by atoms with Crippen LogP contribution in [0.25, 0.3) is 6.08 Å². The first-order valence-corrected chi connectivity index (χ1v) is 32.1. The van der Waals surface area contributed by atoms with E-state index in [9.17, 15) is 28.4 Å². The molecule has 0 bridgehead atoms. The van der Waals surface area contributed by atoms with E-state index in [-0.39, 0.29) is 49.8 Å². The summed E-state index contributed by atoms with van der Waals surface area (Å²) in [4.78, 5) is 85.2. The number of ether oxygens (including phenoxy) is 6. The number of aromatic hydroxyl groups is 1. The van der Waals surface area contributed by atoms with E-state index in [2.05, 4.69) is 90.9 Å². The lowest BCUT2D eigenvalue weighted by Crippen LogP contribution is -2.02. The molecule has 1 fully saturated rings. The number of rotatable bonds is 12. The molecule has 0 atom stereocenters. The Hall–Kier alpha value is -10.5. The molecule has 0 aromatic heterocycles. The first kappa shape index (κ1) is 96.2. The number of terminal acetylenes is 2. The molecule has 8 rings (SSSR count). The summed E-state index contributed by atoms with van der Waals surface area (Å²) in [5, 5.41) is 9.54. The minimum Gasteiger partial charge on any atom is -0.507 e.